The molecule has 2 atom stereocenters. The second kappa shape index (κ2) is 15.1. The molecular weight excluding hydrogens is 557 g/mol. The fourth-order valence-electron chi connectivity index (χ4n) is 3.26. The van der Waals surface area contributed by atoms with Crippen LogP contribution in [-0.4, -0.2) is 59.9 Å². The molecule has 0 aromatic carbocycles. The van der Waals surface area contributed by atoms with Crippen LogP contribution in [0.2, 0.25) is 0 Å². The minimum absolute atomic E-state index is 0.221. The molecule has 11 nitrogen and oxygen atoms in total. The lowest BCUT2D eigenvalue weighted by Crippen LogP contribution is -2.50. The first-order valence-electron chi connectivity index (χ1n) is 12.8. The fourth-order valence-corrected chi connectivity index (χ4v) is 4.39. The van der Waals surface area contributed by atoms with E-state index in [1.807, 2.05) is 13.8 Å². The van der Waals surface area contributed by atoms with Crippen molar-refractivity contribution in [1.29, 1.82) is 0 Å². The summed E-state index contributed by atoms with van der Waals surface area (Å²) in [7, 11) is 0. The monoisotopic (exact) mass is 592 g/mol. The van der Waals surface area contributed by atoms with Crippen molar-refractivity contribution in [1.82, 2.24) is 5.32 Å². The minimum Gasteiger partial charge on any atom is -0.542 e. The maximum Gasteiger partial charge on any atom is 0.430 e. The molecule has 2 heterocycles. The fraction of sp³-hybridized carbons (Fsp3) is 0.640. The second-order valence-electron chi connectivity index (χ2n) is 9.57. The minimum atomic E-state index is -5.19. The normalized spacial score (nSPS) is 19.7. The third kappa shape index (κ3) is 10.8. The predicted octanol–water partition coefficient (Wildman–Crippen LogP) is 1.61. The number of halogens is 3. The number of rotatable bonds is 13. The molecule has 1 fully saturated rings. The topological polar surface area (TPSA) is 170 Å². The number of ether oxygens (including phenoxy) is 1. The summed E-state index contributed by atoms with van der Waals surface area (Å²) in [6.45, 7) is 7.53. The Balaban J connectivity index is 0.000000708. The Morgan fingerprint density at radius 2 is 2.05 bits per heavy atom. The van der Waals surface area contributed by atoms with E-state index in [4.69, 9.17) is 23.9 Å². The molecule has 0 bridgehead atoms. The summed E-state index contributed by atoms with van der Waals surface area (Å²) in [6, 6.07) is 2.62. The van der Waals surface area contributed by atoms with Crippen molar-refractivity contribution < 1.29 is 47.6 Å². The Kier molecular flexibility index (Phi) is 12.5. The van der Waals surface area contributed by atoms with Gasteiger partial charge in [0, 0.05) is 18.2 Å². The van der Waals surface area contributed by atoms with Gasteiger partial charge in [0.05, 0.1) is 25.3 Å². The highest BCUT2D eigenvalue weighted by Gasteiger charge is 2.40. The lowest BCUT2D eigenvalue weighted by atomic mass is 10.0. The molecule has 1 amide bonds. The van der Waals surface area contributed by atoms with Crippen molar-refractivity contribution >= 4 is 34.4 Å². The van der Waals surface area contributed by atoms with Gasteiger partial charge in [-0.15, -0.1) is 11.8 Å². The number of hydrogen-bond acceptors (Lipinski definition) is 10. The highest BCUT2D eigenvalue weighted by molar-refractivity contribution is 8.16. The number of carbonyl (C=O) groups is 2. The van der Waals surface area contributed by atoms with Gasteiger partial charge in [-0.25, -0.2) is 4.79 Å². The van der Waals surface area contributed by atoms with Crippen LogP contribution in [0.25, 0.3) is 0 Å². The molecule has 1 aliphatic heterocycles. The standard InChI is InChI=1S/C23H34N4O5S.C2HF3O2/c1-4-6-18(19-11-17(12-20(28)32-19)30-13-16-7-8-16)25-22(29)23(3)14-33-21(26-23)15(2)27-31-10-5-9-24;3-2(4,5)1(6)7/h11-12,16,18H,4-10,13-14,24H2,1-3H3,(H,25,29);(H,6,7)/b27-15+;/t18-,23+;/m1./s1. The van der Waals surface area contributed by atoms with Gasteiger partial charge in [-0.05, 0) is 39.0 Å². The zero-order valence-electron chi connectivity index (χ0n) is 22.7. The molecular formula is C25H35F3N4O7S. The Bertz CT molecular complexity index is 1140. The van der Waals surface area contributed by atoms with Gasteiger partial charge in [-0.2, -0.15) is 13.2 Å². The van der Waals surface area contributed by atoms with Gasteiger partial charge in [-0.1, -0.05) is 18.5 Å². The van der Waals surface area contributed by atoms with E-state index in [1.165, 1.54) is 17.8 Å². The average Bonchev–Trinajstić information content (AvgIpc) is 3.63. The molecule has 40 heavy (non-hydrogen) atoms. The molecule has 2 aliphatic rings. The molecule has 224 valence electrons. The van der Waals surface area contributed by atoms with Crippen molar-refractivity contribution in [3.8, 4) is 5.75 Å². The summed E-state index contributed by atoms with van der Waals surface area (Å²) in [5.41, 5.74) is 2.99. The number of carboxylic acid groups (broad SMARTS) is 1. The number of quaternary nitrogens is 1. The third-order valence-corrected chi connectivity index (χ3v) is 7.09. The summed E-state index contributed by atoms with van der Waals surface area (Å²) >= 11 is 1.48. The smallest absolute Gasteiger partial charge is 0.430 e. The van der Waals surface area contributed by atoms with Crippen LogP contribution < -0.4 is 26.5 Å². The number of nitrogens with one attached hydrogen (secondary N) is 1. The number of oxime groups is 1. The number of carbonyl (C=O) groups excluding carboxylic acids is 2. The molecule has 1 aromatic heterocycles. The van der Waals surface area contributed by atoms with E-state index in [0.717, 1.165) is 32.2 Å². The molecule has 0 spiro atoms. The summed E-state index contributed by atoms with van der Waals surface area (Å²) in [4.78, 5) is 44.1. The van der Waals surface area contributed by atoms with Crippen LogP contribution in [0, 0.1) is 5.92 Å². The molecule has 0 saturated heterocycles. The number of thioether (sulfide) groups is 1. The van der Waals surface area contributed by atoms with Crippen molar-refractivity contribution in [2.24, 2.45) is 16.1 Å². The van der Waals surface area contributed by atoms with Crippen molar-refractivity contribution in [3.05, 3.63) is 28.3 Å². The van der Waals surface area contributed by atoms with Crippen molar-refractivity contribution in [3.63, 3.8) is 0 Å². The Hall–Kier alpha value is -3.07. The maximum absolute atomic E-state index is 13.2. The first kappa shape index (κ1) is 33.1. The van der Waals surface area contributed by atoms with Gasteiger partial charge in [-0.3, -0.25) is 9.79 Å². The van der Waals surface area contributed by atoms with Gasteiger partial charge in [0.2, 0.25) is 5.91 Å². The Labute approximate surface area is 233 Å². The van der Waals surface area contributed by atoms with Crippen LogP contribution in [-0.2, 0) is 14.4 Å². The van der Waals surface area contributed by atoms with Gasteiger partial charge >= 0.3 is 11.8 Å². The summed E-state index contributed by atoms with van der Waals surface area (Å²) in [5.74, 6) is -1.28. The largest absolute Gasteiger partial charge is 0.542 e. The number of amides is 1. The van der Waals surface area contributed by atoms with Crippen LogP contribution in [0.1, 0.15) is 64.7 Å². The first-order valence-corrected chi connectivity index (χ1v) is 13.8. The molecule has 0 radical (unpaired) electrons. The van der Waals surface area contributed by atoms with E-state index in [1.54, 1.807) is 13.0 Å². The van der Waals surface area contributed by atoms with E-state index >= 15 is 0 Å². The van der Waals surface area contributed by atoms with Crippen LogP contribution in [0.15, 0.2) is 31.5 Å². The predicted molar refractivity (Wildman–Crippen MR) is 140 cm³/mol. The van der Waals surface area contributed by atoms with E-state index in [9.17, 15) is 22.8 Å². The van der Waals surface area contributed by atoms with E-state index in [-0.39, 0.29) is 5.91 Å². The highest BCUT2D eigenvalue weighted by Crippen LogP contribution is 2.32. The summed E-state index contributed by atoms with van der Waals surface area (Å²) < 4.78 is 42.8. The number of hydrogen-bond donors (Lipinski definition) is 2. The maximum atomic E-state index is 13.2. The second-order valence-corrected chi connectivity index (χ2v) is 10.5. The SMILES string of the molecule is CCC[C@@H](NC(=O)[C@]1(C)CSC(/C(C)=N/OCCC[NH3+])=N1)c1cc(OCC2CC2)cc(=O)o1.O=C([O-])C(F)(F)F. The summed E-state index contributed by atoms with van der Waals surface area (Å²) in [5, 5.41) is 16.6. The van der Waals surface area contributed by atoms with Crippen LogP contribution >= 0.6 is 11.8 Å². The van der Waals surface area contributed by atoms with Gasteiger partial charge in [0.25, 0.3) is 0 Å². The lowest BCUT2D eigenvalue weighted by Gasteiger charge is -2.24. The molecule has 4 N–H and O–H groups in total. The lowest BCUT2D eigenvalue weighted by molar-refractivity contribution is -0.369. The van der Waals surface area contributed by atoms with Gasteiger partial charge in [0.1, 0.15) is 40.4 Å². The van der Waals surface area contributed by atoms with E-state index in [0.29, 0.717) is 53.6 Å². The quantitative estimate of drug-likeness (QED) is 0.198. The zero-order valence-corrected chi connectivity index (χ0v) is 23.5. The molecule has 1 aromatic rings. The number of alkyl halides is 3. The molecule has 0 unspecified atom stereocenters. The average molecular weight is 593 g/mol. The van der Waals surface area contributed by atoms with Crippen LogP contribution in [0.5, 0.6) is 5.75 Å². The van der Waals surface area contributed by atoms with Gasteiger partial charge < -0.3 is 34.9 Å². The Morgan fingerprint density at radius 1 is 1.38 bits per heavy atom. The van der Waals surface area contributed by atoms with Crippen molar-refractivity contribution in [2.45, 2.75) is 70.6 Å². The molecule has 3 rings (SSSR count). The van der Waals surface area contributed by atoms with Gasteiger partial charge in [0.15, 0.2) is 0 Å². The van der Waals surface area contributed by atoms with Crippen LogP contribution in [0.3, 0.4) is 0 Å². The number of aliphatic imine (C=N–C) groups is 1. The van der Waals surface area contributed by atoms with E-state index in [2.05, 4.69) is 21.2 Å². The molecule has 15 heteroatoms. The van der Waals surface area contributed by atoms with Crippen molar-refractivity contribution in [2.75, 3.05) is 25.5 Å². The first-order chi connectivity index (χ1) is 18.8. The Morgan fingerprint density at radius 3 is 2.62 bits per heavy atom. The summed E-state index contributed by atoms with van der Waals surface area (Å²) in [6.07, 6.45) is -0.611. The number of nitrogens with zero attached hydrogens (tertiary/aromatic N) is 2. The molecule has 1 saturated carbocycles. The highest BCUT2D eigenvalue weighted by atomic mass is 32.2. The van der Waals surface area contributed by atoms with E-state index < -0.39 is 29.4 Å². The zero-order chi connectivity index (χ0) is 29.9. The van der Waals surface area contributed by atoms with Crippen LogP contribution in [0.4, 0.5) is 13.2 Å². The number of aliphatic carboxylic acids is 1. The third-order valence-electron chi connectivity index (χ3n) is 5.73. The number of carboxylic acids is 1. The molecule has 1 aliphatic carbocycles.